The maximum Gasteiger partial charge on any atom is 0.250 e. The van der Waals surface area contributed by atoms with E-state index >= 15 is 0 Å². The summed E-state index contributed by atoms with van der Waals surface area (Å²) in [7, 11) is -3.64. The van der Waals surface area contributed by atoms with E-state index in [1.54, 1.807) is 35.0 Å². The lowest BCUT2D eigenvalue weighted by Crippen LogP contribution is -2.22. The average Bonchev–Trinajstić information content (AvgIpc) is 3.17. The number of hydrogen-bond acceptors (Lipinski definition) is 5. The number of sulfonamides is 1. The van der Waals surface area contributed by atoms with Gasteiger partial charge < -0.3 is 9.72 Å². The summed E-state index contributed by atoms with van der Waals surface area (Å²) >= 11 is 7.04. The lowest BCUT2D eigenvalue weighted by atomic mass is 10.4. The Kier molecular flexibility index (Phi) is 5.09. The third-order valence-corrected chi connectivity index (χ3v) is 6.52. The molecule has 0 spiro atoms. The first-order valence-corrected chi connectivity index (χ1v) is 9.97. The molecule has 25 heavy (non-hydrogen) atoms. The summed E-state index contributed by atoms with van der Waals surface area (Å²) in [5, 5.41) is 3.21. The Morgan fingerprint density at radius 1 is 1.24 bits per heavy atom. The Bertz CT molecular complexity index is 1030. The molecular weight excluding hydrogens is 384 g/mol. The summed E-state index contributed by atoms with van der Waals surface area (Å²) in [6, 6.07) is 6.68. The van der Waals surface area contributed by atoms with Gasteiger partial charge in [-0.15, -0.1) is 11.3 Å². The quantitative estimate of drug-likeness (QED) is 0.665. The summed E-state index contributed by atoms with van der Waals surface area (Å²) in [4.78, 5) is 16.0. The fourth-order valence-electron chi connectivity index (χ4n) is 2.15. The third-order valence-electron chi connectivity index (χ3n) is 3.32. The molecule has 3 rings (SSSR count). The number of nitrogens with zero attached hydrogens (tertiary/aromatic N) is 2. The summed E-state index contributed by atoms with van der Waals surface area (Å²) < 4.78 is 29.2. The van der Waals surface area contributed by atoms with Gasteiger partial charge in [-0.05, 0) is 24.3 Å². The van der Waals surface area contributed by atoms with Crippen molar-refractivity contribution >= 4 is 44.5 Å². The van der Waals surface area contributed by atoms with Crippen molar-refractivity contribution in [2.24, 2.45) is 0 Å². The minimum Gasteiger partial charge on any atom is -0.351 e. The molecule has 3 heterocycles. The number of imidazole rings is 1. The molecule has 0 radical (unpaired) electrons. The lowest BCUT2D eigenvalue weighted by Gasteiger charge is -2.02. The van der Waals surface area contributed by atoms with Gasteiger partial charge >= 0.3 is 0 Å². The lowest BCUT2D eigenvalue weighted by molar-refractivity contribution is -0.119. The molecule has 0 unspecified atom stereocenters. The first-order chi connectivity index (χ1) is 11.8. The molecule has 0 bridgehead atoms. The average molecular weight is 399 g/mol. The molecule has 3 aromatic heterocycles. The van der Waals surface area contributed by atoms with Gasteiger partial charge in [0, 0.05) is 24.2 Å². The highest BCUT2D eigenvalue weighted by atomic mass is 35.5. The van der Waals surface area contributed by atoms with Gasteiger partial charge in [0.15, 0.2) is 0 Å². The topological polar surface area (TPSA) is 92.6 Å². The second-order valence-corrected chi connectivity index (χ2v) is 8.90. The highest BCUT2D eigenvalue weighted by Gasteiger charge is 2.17. The summed E-state index contributed by atoms with van der Waals surface area (Å²) in [5.41, 5.74) is 1.27. The Hall–Kier alpha value is -1.94. The standard InChI is InChI=1S/C15H15ClN4O3S2/c1-10(21)17-7-13-3-5-15(24-13)25(22,23)18-6-12-9-20-8-11(16)2-4-14(20)19-12/h2-5,8-9,18H,6-7H2,1H3,(H,17,21). The summed E-state index contributed by atoms with van der Waals surface area (Å²) in [6.07, 6.45) is 3.43. The normalized spacial score (nSPS) is 11.8. The van der Waals surface area contributed by atoms with Crippen LogP contribution in [0.3, 0.4) is 0 Å². The van der Waals surface area contributed by atoms with Crippen LogP contribution in [0, 0.1) is 0 Å². The fourth-order valence-corrected chi connectivity index (χ4v) is 4.66. The maximum absolute atomic E-state index is 12.4. The minimum absolute atomic E-state index is 0.0700. The molecule has 0 atom stereocenters. The molecule has 10 heteroatoms. The second-order valence-electron chi connectivity index (χ2n) is 5.30. The van der Waals surface area contributed by atoms with E-state index in [4.69, 9.17) is 11.6 Å². The van der Waals surface area contributed by atoms with Crippen LogP contribution in [0.1, 0.15) is 17.5 Å². The van der Waals surface area contributed by atoms with Gasteiger partial charge in [-0.1, -0.05) is 11.6 Å². The van der Waals surface area contributed by atoms with E-state index in [1.807, 2.05) is 0 Å². The molecule has 0 aliphatic carbocycles. The molecule has 0 aliphatic rings. The van der Waals surface area contributed by atoms with Crippen LogP contribution < -0.4 is 10.0 Å². The molecule has 0 aromatic carbocycles. The van der Waals surface area contributed by atoms with Crippen LogP contribution in [0.5, 0.6) is 0 Å². The monoisotopic (exact) mass is 398 g/mol. The summed E-state index contributed by atoms with van der Waals surface area (Å²) in [5.74, 6) is -0.164. The van der Waals surface area contributed by atoms with E-state index in [-0.39, 0.29) is 16.7 Å². The van der Waals surface area contributed by atoms with Crippen molar-refractivity contribution in [3.63, 3.8) is 0 Å². The van der Waals surface area contributed by atoms with Crippen molar-refractivity contribution in [2.75, 3.05) is 0 Å². The molecule has 2 N–H and O–H groups in total. The van der Waals surface area contributed by atoms with E-state index < -0.39 is 10.0 Å². The van der Waals surface area contributed by atoms with Crippen LogP contribution in [0.15, 0.2) is 40.9 Å². The van der Waals surface area contributed by atoms with E-state index in [9.17, 15) is 13.2 Å². The molecule has 0 aliphatic heterocycles. The van der Waals surface area contributed by atoms with Crippen LogP contribution in [-0.2, 0) is 27.9 Å². The number of halogens is 1. The molecule has 0 fully saturated rings. The zero-order chi connectivity index (χ0) is 18.0. The highest BCUT2D eigenvalue weighted by Crippen LogP contribution is 2.21. The molecule has 132 valence electrons. The van der Waals surface area contributed by atoms with Gasteiger partial charge in [0.25, 0.3) is 0 Å². The number of nitrogens with one attached hydrogen (secondary N) is 2. The van der Waals surface area contributed by atoms with Crippen LogP contribution in [-0.4, -0.2) is 23.7 Å². The van der Waals surface area contributed by atoms with Crippen molar-refractivity contribution in [3.05, 3.63) is 52.3 Å². The van der Waals surface area contributed by atoms with Gasteiger partial charge in [0.05, 0.1) is 23.8 Å². The predicted molar refractivity (Wildman–Crippen MR) is 96.1 cm³/mol. The molecule has 7 nitrogen and oxygen atoms in total. The van der Waals surface area contributed by atoms with E-state index in [2.05, 4.69) is 15.0 Å². The number of thiophene rings is 1. The van der Waals surface area contributed by atoms with Crippen molar-refractivity contribution in [3.8, 4) is 0 Å². The number of hydrogen-bond donors (Lipinski definition) is 2. The first-order valence-electron chi connectivity index (χ1n) is 7.29. The van der Waals surface area contributed by atoms with Crippen molar-refractivity contribution in [1.82, 2.24) is 19.4 Å². The van der Waals surface area contributed by atoms with Gasteiger partial charge in [-0.25, -0.2) is 18.1 Å². The van der Waals surface area contributed by atoms with Gasteiger partial charge in [0.2, 0.25) is 15.9 Å². The number of aromatic nitrogens is 2. The smallest absolute Gasteiger partial charge is 0.250 e. The van der Waals surface area contributed by atoms with Crippen LogP contribution >= 0.6 is 22.9 Å². The SMILES string of the molecule is CC(=O)NCc1ccc(S(=O)(=O)NCc2cn3cc(Cl)ccc3n2)s1. The Morgan fingerprint density at radius 2 is 2.04 bits per heavy atom. The van der Waals surface area contributed by atoms with Crippen molar-refractivity contribution in [2.45, 2.75) is 24.2 Å². The first kappa shape index (κ1) is 17.9. The third kappa shape index (κ3) is 4.37. The van der Waals surface area contributed by atoms with E-state index in [0.29, 0.717) is 22.9 Å². The molecule has 3 aromatic rings. The molecule has 0 saturated heterocycles. The van der Waals surface area contributed by atoms with Crippen LogP contribution in [0.25, 0.3) is 5.65 Å². The molecule has 1 amide bonds. The van der Waals surface area contributed by atoms with Gasteiger partial charge in [-0.2, -0.15) is 0 Å². The van der Waals surface area contributed by atoms with E-state index in [0.717, 1.165) is 16.2 Å². The highest BCUT2D eigenvalue weighted by molar-refractivity contribution is 7.91. The number of rotatable bonds is 6. The van der Waals surface area contributed by atoms with Crippen LogP contribution in [0.2, 0.25) is 5.02 Å². The molecule has 0 saturated carbocycles. The number of pyridine rings is 1. The number of carbonyl (C=O) groups is 1. The summed E-state index contributed by atoms with van der Waals surface area (Å²) in [6.45, 7) is 1.79. The van der Waals surface area contributed by atoms with Gasteiger partial charge in [-0.3, -0.25) is 4.79 Å². The number of carbonyl (C=O) groups excluding carboxylic acids is 1. The van der Waals surface area contributed by atoms with Gasteiger partial charge in [0.1, 0.15) is 9.86 Å². The predicted octanol–water partition coefficient (Wildman–Crippen LogP) is 2.16. The zero-order valence-electron chi connectivity index (χ0n) is 13.2. The fraction of sp³-hybridized carbons (Fsp3) is 0.200. The Morgan fingerprint density at radius 3 is 2.80 bits per heavy atom. The van der Waals surface area contributed by atoms with Crippen LogP contribution in [0.4, 0.5) is 0 Å². The number of amides is 1. The minimum atomic E-state index is -3.64. The zero-order valence-corrected chi connectivity index (χ0v) is 15.6. The van der Waals surface area contributed by atoms with Crippen molar-refractivity contribution < 1.29 is 13.2 Å². The largest absolute Gasteiger partial charge is 0.351 e. The Balaban J connectivity index is 1.69. The second kappa shape index (κ2) is 7.12. The maximum atomic E-state index is 12.4. The molecular formula is C15H15ClN4O3S2. The van der Waals surface area contributed by atoms with Crippen molar-refractivity contribution in [1.29, 1.82) is 0 Å². The Labute approximate surface area is 153 Å². The van der Waals surface area contributed by atoms with E-state index in [1.165, 1.54) is 13.0 Å². The number of fused-ring (bicyclic) bond motifs is 1.